The Morgan fingerprint density at radius 3 is 2.92 bits per heavy atom. The third-order valence-corrected chi connectivity index (χ3v) is 3.42. The Hall–Kier alpha value is -3.13. The van der Waals surface area contributed by atoms with Crippen LogP contribution in [0.4, 0.5) is 10.5 Å². The van der Waals surface area contributed by atoms with Gasteiger partial charge in [-0.2, -0.15) is 0 Å². The van der Waals surface area contributed by atoms with Crippen molar-refractivity contribution in [3.8, 4) is 11.5 Å². The van der Waals surface area contributed by atoms with Crippen LogP contribution in [0.2, 0.25) is 0 Å². The number of nitrogens with zero attached hydrogens (tertiary/aromatic N) is 2. The smallest absolute Gasteiger partial charge is 0.319 e. The highest BCUT2D eigenvalue weighted by atomic mass is 16.4. The number of rotatable bonds is 5. The van der Waals surface area contributed by atoms with E-state index < -0.39 is 12.1 Å². The van der Waals surface area contributed by atoms with Crippen molar-refractivity contribution in [2.75, 3.05) is 11.9 Å². The van der Waals surface area contributed by atoms with E-state index in [4.69, 9.17) is 8.83 Å². The maximum Gasteiger partial charge on any atom is 0.319 e. The molecular formula is C16H16N4O4. The normalized spacial score (nSPS) is 11.9. The van der Waals surface area contributed by atoms with Gasteiger partial charge in [0.05, 0.1) is 12.8 Å². The van der Waals surface area contributed by atoms with Crippen LogP contribution in [0.1, 0.15) is 17.4 Å². The van der Waals surface area contributed by atoms with E-state index >= 15 is 0 Å². The Balaban J connectivity index is 1.62. The molecule has 0 aliphatic heterocycles. The van der Waals surface area contributed by atoms with Gasteiger partial charge in [-0.05, 0) is 36.8 Å². The van der Waals surface area contributed by atoms with E-state index in [1.54, 1.807) is 18.2 Å². The van der Waals surface area contributed by atoms with Crippen molar-refractivity contribution < 1.29 is 18.7 Å². The number of aromatic nitrogens is 2. The number of benzene rings is 1. The van der Waals surface area contributed by atoms with Crippen LogP contribution in [-0.2, 0) is 0 Å². The predicted octanol–water partition coefficient (Wildman–Crippen LogP) is 2.49. The molecule has 0 spiro atoms. The number of aryl methyl sites for hydroxylation is 1. The molecule has 0 radical (unpaired) electrons. The van der Waals surface area contributed by atoms with Gasteiger partial charge < -0.3 is 24.6 Å². The summed E-state index contributed by atoms with van der Waals surface area (Å²) in [5.41, 5.74) is 2.18. The first-order valence-corrected chi connectivity index (χ1v) is 7.27. The largest absolute Gasteiger partial charge is 0.467 e. The second-order valence-corrected chi connectivity index (χ2v) is 5.14. The number of furan rings is 1. The van der Waals surface area contributed by atoms with Gasteiger partial charge >= 0.3 is 6.03 Å². The second-order valence-electron chi connectivity index (χ2n) is 5.14. The first kappa shape index (κ1) is 15.8. The number of hydrogen-bond acceptors (Lipinski definition) is 6. The van der Waals surface area contributed by atoms with E-state index in [9.17, 15) is 9.90 Å². The van der Waals surface area contributed by atoms with Gasteiger partial charge in [0.2, 0.25) is 12.3 Å². The van der Waals surface area contributed by atoms with Gasteiger partial charge in [-0.3, -0.25) is 0 Å². The number of carbonyl (C=O) groups is 1. The molecule has 124 valence electrons. The number of aliphatic hydroxyl groups excluding tert-OH is 1. The molecule has 0 saturated heterocycles. The molecule has 8 nitrogen and oxygen atoms in total. The highest BCUT2D eigenvalue weighted by Gasteiger charge is 2.13. The Morgan fingerprint density at radius 1 is 1.33 bits per heavy atom. The summed E-state index contributed by atoms with van der Waals surface area (Å²) in [4.78, 5) is 12.0. The molecule has 1 atom stereocenters. The fourth-order valence-electron chi connectivity index (χ4n) is 2.13. The number of anilines is 1. The third kappa shape index (κ3) is 3.61. The molecule has 24 heavy (non-hydrogen) atoms. The lowest BCUT2D eigenvalue weighted by Crippen LogP contribution is -2.32. The van der Waals surface area contributed by atoms with Gasteiger partial charge in [0, 0.05) is 11.3 Å². The molecule has 2 amide bonds. The molecule has 3 N–H and O–H groups in total. The topological polar surface area (TPSA) is 113 Å². The lowest BCUT2D eigenvalue weighted by molar-refractivity contribution is 0.149. The van der Waals surface area contributed by atoms with E-state index in [0.717, 1.165) is 5.56 Å². The lowest BCUT2D eigenvalue weighted by Gasteiger charge is -2.12. The van der Waals surface area contributed by atoms with Crippen molar-refractivity contribution in [1.29, 1.82) is 0 Å². The van der Waals surface area contributed by atoms with Crippen molar-refractivity contribution in [2.45, 2.75) is 13.0 Å². The number of carbonyl (C=O) groups excluding carboxylic acids is 1. The van der Waals surface area contributed by atoms with Crippen molar-refractivity contribution in [2.24, 2.45) is 0 Å². The molecule has 3 aromatic rings. The molecule has 3 rings (SSSR count). The Bertz CT molecular complexity index is 800. The molecule has 0 unspecified atom stereocenters. The summed E-state index contributed by atoms with van der Waals surface area (Å²) in [6.45, 7) is 1.90. The number of hydrogen-bond donors (Lipinski definition) is 3. The standard InChI is InChI=1S/C16H16N4O4/c1-10-4-5-11(15-20-18-9-24-15)7-12(10)19-16(22)17-8-13(21)14-3-2-6-23-14/h2-7,9,13,21H,8H2,1H3,(H2,17,19,22)/t13-/m1/s1. The van der Waals surface area contributed by atoms with Crippen LogP contribution in [0.15, 0.2) is 51.8 Å². The average molecular weight is 328 g/mol. The highest BCUT2D eigenvalue weighted by Crippen LogP contribution is 2.23. The van der Waals surface area contributed by atoms with Crippen LogP contribution in [0.5, 0.6) is 0 Å². The fraction of sp³-hybridized carbons (Fsp3) is 0.188. The molecule has 0 aliphatic carbocycles. The van der Waals surface area contributed by atoms with Crippen LogP contribution < -0.4 is 10.6 Å². The minimum atomic E-state index is -0.906. The molecule has 2 heterocycles. The zero-order chi connectivity index (χ0) is 16.9. The van der Waals surface area contributed by atoms with E-state index in [-0.39, 0.29) is 6.54 Å². The van der Waals surface area contributed by atoms with E-state index in [2.05, 4.69) is 20.8 Å². The summed E-state index contributed by atoms with van der Waals surface area (Å²) in [6, 6.07) is 8.28. The molecule has 0 fully saturated rings. The van der Waals surface area contributed by atoms with Crippen LogP contribution in [-0.4, -0.2) is 27.9 Å². The van der Waals surface area contributed by atoms with Crippen LogP contribution in [0.3, 0.4) is 0 Å². The van der Waals surface area contributed by atoms with E-state index in [1.807, 2.05) is 19.1 Å². The molecular weight excluding hydrogens is 312 g/mol. The average Bonchev–Trinajstić information content (AvgIpc) is 3.28. The van der Waals surface area contributed by atoms with Gasteiger partial charge in [-0.25, -0.2) is 4.79 Å². The maximum atomic E-state index is 12.0. The molecule has 2 aromatic heterocycles. The summed E-state index contributed by atoms with van der Waals surface area (Å²) < 4.78 is 10.2. The Morgan fingerprint density at radius 2 is 2.21 bits per heavy atom. The van der Waals surface area contributed by atoms with Gasteiger partial charge in [0.1, 0.15) is 11.9 Å². The Labute approximate surface area is 137 Å². The van der Waals surface area contributed by atoms with E-state index in [1.165, 1.54) is 12.7 Å². The number of urea groups is 1. The van der Waals surface area contributed by atoms with Gasteiger partial charge in [0.15, 0.2) is 0 Å². The van der Waals surface area contributed by atoms with Gasteiger partial charge in [-0.1, -0.05) is 6.07 Å². The van der Waals surface area contributed by atoms with Crippen LogP contribution >= 0.6 is 0 Å². The fourth-order valence-corrected chi connectivity index (χ4v) is 2.13. The van der Waals surface area contributed by atoms with Crippen molar-refractivity contribution in [3.63, 3.8) is 0 Å². The molecule has 0 aliphatic rings. The SMILES string of the molecule is Cc1ccc(-c2nnco2)cc1NC(=O)NC[C@@H](O)c1ccco1. The zero-order valence-electron chi connectivity index (χ0n) is 12.9. The minimum Gasteiger partial charge on any atom is -0.467 e. The monoisotopic (exact) mass is 328 g/mol. The maximum absolute atomic E-state index is 12.0. The summed E-state index contributed by atoms with van der Waals surface area (Å²) in [6.07, 6.45) is 1.80. The van der Waals surface area contributed by atoms with Crippen molar-refractivity contribution >= 4 is 11.7 Å². The summed E-state index contributed by atoms with van der Waals surface area (Å²) in [7, 11) is 0. The van der Waals surface area contributed by atoms with Crippen LogP contribution in [0.25, 0.3) is 11.5 Å². The Kier molecular flexibility index (Phi) is 4.57. The molecule has 0 saturated carbocycles. The molecule has 0 bridgehead atoms. The summed E-state index contributed by atoms with van der Waals surface area (Å²) in [5.74, 6) is 0.761. The first-order valence-electron chi connectivity index (χ1n) is 7.27. The van der Waals surface area contributed by atoms with Gasteiger partial charge in [0.25, 0.3) is 0 Å². The van der Waals surface area contributed by atoms with E-state index in [0.29, 0.717) is 22.9 Å². The van der Waals surface area contributed by atoms with Crippen LogP contribution in [0, 0.1) is 6.92 Å². The number of amides is 2. The minimum absolute atomic E-state index is 0.0295. The quantitative estimate of drug-likeness (QED) is 0.663. The second kappa shape index (κ2) is 6.97. The van der Waals surface area contributed by atoms with Crippen molar-refractivity contribution in [1.82, 2.24) is 15.5 Å². The molecule has 1 aromatic carbocycles. The summed E-state index contributed by atoms with van der Waals surface area (Å²) in [5, 5.41) is 22.7. The third-order valence-electron chi connectivity index (χ3n) is 3.42. The lowest BCUT2D eigenvalue weighted by atomic mass is 10.1. The summed E-state index contributed by atoms with van der Waals surface area (Å²) >= 11 is 0. The number of aliphatic hydroxyl groups is 1. The highest BCUT2D eigenvalue weighted by molar-refractivity contribution is 5.90. The zero-order valence-corrected chi connectivity index (χ0v) is 12.9. The predicted molar refractivity (Wildman–Crippen MR) is 85.2 cm³/mol. The first-order chi connectivity index (χ1) is 11.6. The van der Waals surface area contributed by atoms with Crippen molar-refractivity contribution in [3.05, 3.63) is 54.3 Å². The molecule has 8 heteroatoms. The number of nitrogens with one attached hydrogen (secondary N) is 2. The van der Waals surface area contributed by atoms with Gasteiger partial charge in [-0.15, -0.1) is 10.2 Å².